The summed E-state index contributed by atoms with van der Waals surface area (Å²) in [7, 11) is -3.35. The first kappa shape index (κ1) is 25.5. The zero-order chi connectivity index (χ0) is 26.1. The predicted molar refractivity (Wildman–Crippen MR) is 142 cm³/mol. The Hall–Kier alpha value is -3.60. The third-order valence-corrected chi connectivity index (χ3v) is 7.96. The lowest BCUT2D eigenvalue weighted by molar-refractivity contribution is 0.216. The fourth-order valence-corrected chi connectivity index (χ4v) is 5.17. The van der Waals surface area contributed by atoms with Crippen molar-refractivity contribution in [2.45, 2.75) is 31.1 Å². The quantitative estimate of drug-likeness (QED) is 0.246. The molecule has 0 radical (unpaired) electrons. The monoisotopic (exact) mass is 522 g/mol. The van der Waals surface area contributed by atoms with Gasteiger partial charge in [0.25, 0.3) is 0 Å². The number of carbonyl (C=O) groups excluding carboxylic acids is 1. The standard InChI is InChI=1S/C26H26N4O4S2/c1-26(2,3)24-29-22(17-12-14-27-15-13-17)23(35-24)18-6-5-7-20(16-18)30(32)25(31)28-19-8-10-21(11-9-19)36(4,33)34/h5-16,32H,1-4H3,(H,28,31). The van der Waals surface area contributed by atoms with Crippen molar-refractivity contribution in [3.63, 3.8) is 0 Å². The van der Waals surface area contributed by atoms with Crippen molar-refractivity contribution in [2.75, 3.05) is 16.6 Å². The maximum Gasteiger partial charge on any atom is 0.350 e. The van der Waals surface area contributed by atoms with Crippen LogP contribution in [0.5, 0.6) is 0 Å². The van der Waals surface area contributed by atoms with Crippen LogP contribution in [0.2, 0.25) is 0 Å². The first-order valence-electron chi connectivity index (χ1n) is 11.1. The lowest BCUT2D eigenvalue weighted by Gasteiger charge is -2.17. The van der Waals surface area contributed by atoms with Gasteiger partial charge in [0.1, 0.15) is 0 Å². The maximum absolute atomic E-state index is 12.7. The van der Waals surface area contributed by atoms with Crippen LogP contribution >= 0.6 is 11.3 Å². The summed E-state index contributed by atoms with van der Waals surface area (Å²) in [4.78, 5) is 22.8. The average Bonchev–Trinajstić information content (AvgIpc) is 3.30. The second-order valence-corrected chi connectivity index (χ2v) is 12.3. The van der Waals surface area contributed by atoms with Gasteiger partial charge in [-0.2, -0.15) is 5.06 Å². The molecule has 8 nitrogen and oxygen atoms in total. The number of rotatable bonds is 5. The minimum atomic E-state index is -3.35. The summed E-state index contributed by atoms with van der Waals surface area (Å²) in [6.07, 6.45) is 4.54. The van der Waals surface area contributed by atoms with E-state index < -0.39 is 15.9 Å². The molecule has 0 fully saturated rings. The molecule has 0 saturated carbocycles. The van der Waals surface area contributed by atoms with E-state index in [2.05, 4.69) is 31.1 Å². The molecule has 2 aromatic heterocycles. The number of nitrogens with one attached hydrogen (secondary N) is 1. The molecule has 4 aromatic rings. The van der Waals surface area contributed by atoms with Gasteiger partial charge in [-0.05, 0) is 54.1 Å². The van der Waals surface area contributed by atoms with Crippen LogP contribution < -0.4 is 10.4 Å². The predicted octanol–water partition coefficient (Wildman–Crippen LogP) is 6.00. The molecule has 0 aliphatic carbocycles. The molecule has 186 valence electrons. The SMILES string of the molecule is CC(C)(C)c1nc(-c2ccncc2)c(-c2cccc(N(O)C(=O)Nc3ccc(S(C)(=O)=O)cc3)c2)s1. The number of benzene rings is 2. The normalized spacial score (nSPS) is 11.8. The van der Waals surface area contributed by atoms with Crippen LogP contribution in [0.15, 0.2) is 78.0 Å². The van der Waals surface area contributed by atoms with Gasteiger partial charge < -0.3 is 5.32 Å². The van der Waals surface area contributed by atoms with E-state index in [1.54, 1.807) is 41.9 Å². The van der Waals surface area contributed by atoms with Crippen molar-refractivity contribution in [3.8, 4) is 21.7 Å². The van der Waals surface area contributed by atoms with Gasteiger partial charge in [-0.3, -0.25) is 10.2 Å². The number of hydrogen-bond donors (Lipinski definition) is 2. The van der Waals surface area contributed by atoms with E-state index in [1.165, 1.54) is 24.3 Å². The third kappa shape index (κ3) is 5.62. The van der Waals surface area contributed by atoms with E-state index in [9.17, 15) is 18.4 Å². The summed E-state index contributed by atoms with van der Waals surface area (Å²) in [5.41, 5.74) is 3.00. The molecule has 0 spiro atoms. The number of anilines is 2. The Kier molecular flexibility index (Phi) is 6.94. The molecule has 0 saturated heterocycles. The number of hydroxylamine groups is 1. The molecule has 10 heteroatoms. The number of amides is 2. The molecular formula is C26H26N4O4S2. The highest BCUT2D eigenvalue weighted by Gasteiger charge is 2.24. The van der Waals surface area contributed by atoms with Crippen LogP contribution in [0.4, 0.5) is 16.2 Å². The summed E-state index contributed by atoms with van der Waals surface area (Å²) >= 11 is 1.57. The van der Waals surface area contributed by atoms with E-state index in [1.807, 2.05) is 18.2 Å². The maximum atomic E-state index is 12.7. The number of nitrogens with zero attached hydrogens (tertiary/aromatic N) is 3. The van der Waals surface area contributed by atoms with Gasteiger partial charge in [0.15, 0.2) is 9.84 Å². The average molecular weight is 523 g/mol. The second kappa shape index (κ2) is 9.81. The Labute approximate surface area is 214 Å². The molecule has 0 unspecified atom stereocenters. The fraction of sp³-hybridized carbons (Fsp3) is 0.192. The summed E-state index contributed by atoms with van der Waals surface area (Å²) in [6, 6.07) is 15.7. The molecule has 0 aliphatic rings. The highest BCUT2D eigenvalue weighted by Crippen LogP contribution is 2.41. The smallest absolute Gasteiger partial charge is 0.306 e. The van der Waals surface area contributed by atoms with Crippen LogP contribution in [0, 0.1) is 0 Å². The van der Waals surface area contributed by atoms with E-state index >= 15 is 0 Å². The van der Waals surface area contributed by atoms with Crippen molar-refractivity contribution in [3.05, 3.63) is 78.1 Å². The number of thiazole rings is 1. The van der Waals surface area contributed by atoms with E-state index in [0.29, 0.717) is 10.8 Å². The second-order valence-electron chi connectivity index (χ2n) is 9.27. The van der Waals surface area contributed by atoms with Crippen LogP contribution in [-0.2, 0) is 15.3 Å². The van der Waals surface area contributed by atoms with Crippen molar-refractivity contribution >= 4 is 38.6 Å². The highest BCUT2D eigenvalue weighted by atomic mass is 32.2. The Morgan fingerprint density at radius 1 is 1.00 bits per heavy atom. The van der Waals surface area contributed by atoms with E-state index in [4.69, 9.17) is 4.98 Å². The first-order valence-corrected chi connectivity index (χ1v) is 13.8. The number of aromatic nitrogens is 2. The highest BCUT2D eigenvalue weighted by molar-refractivity contribution is 7.90. The molecule has 0 aliphatic heterocycles. The Bertz CT molecular complexity index is 1490. The van der Waals surface area contributed by atoms with Crippen molar-refractivity contribution in [1.82, 2.24) is 9.97 Å². The van der Waals surface area contributed by atoms with Gasteiger partial charge in [0.05, 0.1) is 26.2 Å². The molecule has 0 bridgehead atoms. The van der Waals surface area contributed by atoms with Crippen LogP contribution in [0.1, 0.15) is 25.8 Å². The summed E-state index contributed by atoms with van der Waals surface area (Å²) in [6.45, 7) is 6.31. The molecule has 36 heavy (non-hydrogen) atoms. The summed E-state index contributed by atoms with van der Waals surface area (Å²) < 4.78 is 23.3. The summed E-state index contributed by atoms with van der Waals surface area (Å²) in [5, 5.41) is 14.7. The van der Waals surface area contributed by atoms with Gasteiger partial charge in [0.2, 0.25) is 0 Å². The molecular weight excluding hydrogens is 496 g/mol. The Balaban J connectivity index is 1.63. The van der Waals surface area contributed by atoms with Gasteiger partial charge in [-0.25, -0.2) is 18.2 Å². The zero-order valence-electron chi connectivity index (χ0n) is 20.3. The lowest BCUT2D eigenvalue weighted by Crippen LogP contribution is -2.31. The third-order valence-electron chi connectivity index (χ3n) is 5.30. The molecule has 2 heterocycles. The molecule has 0 atom stereocenters. The van der Waals surface area contributed by atoms with E-state index in [0.717, 1.165) is 33.0 Å². The number of hydrogen-bond acceptors (Lipinski definition) is 7. The van der Waals surface area contributed by atoms with Crippen LogP contribution in [0.25, 0.3) is 21.7 Å². The van der Waals surface area contributed by atoms with Crippen molar-refractivity contribution in [1.29, 1.82) is 0 Å². The minimum Gasteiger partial charge on any atom is -0.306 e. The Morgan fingerprint density at radius 3 is 2.28 bits per heavy atom. The van der Waals surface area contributed by atoms with Gasteiger partial charge in [-0.1, -0.05) is 32.9 Å². The number of urea groups is 1. The Morgan fingerprint density at radius 2 is 1.67 bits per heavy atom. The van der Waals surface area contributed by atoms with E-state index in [-0.39, 0.29) is 16.0 Å². The van der Waals surface area contributed by atoms with Crippen molar-refractivity contribution < 1.29 is 18.4 Å². The van der Waals surface area contributed by atoms with Gasteiger partial charge in [-0.15, -0.1) is 11.3 Å². The van der Waals surface area contributed by atoms with Crippen molar-refractivity contribution in [2.24, 2.45) is 0 Å². The summed E-state index contributed by atoms with van der Waals surface area (Å²) in [5.74, 6) is 0. The fourth-order valence-electron chi connectivity index (χ4n) is 3.40. The van der Waals surface area contributed by atoms with Crippen LogP contribution in [-0.4, -0.2) is 35.9 Å². The molecule has 2 amide bonds. The molecule has 2 N–H and O–H groups in total. The number of sulfone groups is 1. The minimum absolute atomic E-state index is 0.137. The largest absolute Gasteiger partial charge is 0.350 e. The van der Waals surface area contributed by atoms with Gasteiger partial charge in [0, 0.05) is 35.3 Å². The van der Waals surface area contributed by atoms with Crippen LogP contribution in [0.3, 0.4) is 0 Å². The van der Waals surface area contributed by atoms with Gasteiger partial charge >= 0.3 is 6.03 Å². The molecule has 2 aromatic carbocycles. The topological polar surface area (TPSA) is 112 Å². The number of pyridine rings is 1. The lowest BCUT2D eigenvalue weighted by atomic mass is 9.98. The zero-order valence-corrected chi connectivity index (χ0v) is 21.9. The molecule has 4 rings (SSSR count). The number of carbonyl (C=O) groups is 1. The first-order chi connectivity index (χ1) is 16.9.